The number of carbonyl (C=O) groups is 2. The average molecular weight is 278 g/mol. The molecule has 0 aliphatic heterocycles. The van der Waals surface area contributed by atoms with E-state index in [9.17, 15) is 9.59 Å². The minimum Gasteiger partial charge on any atom is -0.480 e. The van der Waals surface area contributed by atoms with Crippen LogP contribution in [0.15, 0.2) is 24.3 Å². The minimum absolute atomic E-state index is 0.194. The average Bonchev–Trinajstić information content (AvgIpc) is 2.37. The minimum atomic E-state index is -1.02. The van der Waals surface area contributed by atoms with Gasteiger partial charge < -0.3 is 15.7 Å². The molecule has 1 aromatic rings. The Labute approximate surface area is 119 Å². The van der Waals surface area contributed by atoms with Crippen LogP contribution in [0.5, 0.6) is 0 Å². The van der Waals surface area contributed by atoms with Gasteiger partial charge in [-0.15, -0.1) is 0 Å². The van der Waals surface area contributed by atoms with Crippen molar-refractivity contribution in [3.8, 4) is 0 Å². The number of aliphatic carboxylic acids is 1. The summed E-state index contributed by atoms with van der Waals surface area (Å²) in [5.74, 6) is -0.822. The summed E-state index contributed by atoms with van der Waals surface area (Å²) < 4.78 is 0. The number of urea groups is 1. The predicted octanol–water partition coefficient (Wildman–Crippen LogP) is 2.87. The number of amides is 2. The van der Waals surface area contributed by atoms with Gasteiger partial charge in [0.05, 0.1) is 0 Å². The first kappa shape index (κ1) is 16.0. The Morgan fingerprint density at radius 3 is 2.45 bits per heavy atom. The second-order valence-corrected chi connectivity index (χ2v) is 5.13. The van der Waals surface area contributed by atoms with E-state index >= 15 is 0 Å². The summed E-state index contributed by atoms with van der Waals surface area (Å²) in [5, 5.41) is 14.3. The molecule has 0 aliphatic carbocycles. The zero-order chi connectivity index (χ0) is 15.1. The third kappa shape index (κ3) is 4.91. The molecule has 1 rings (SSSR count). The number of benzene rings is 1. The van der Waals surface area contributed by atoms with Gasteiger partial charge in [-0.1, -0.05) is 39.0 Å². The molecule has 110 valence electrons. The van der Waals surface area contributed by atoms with E-state index in [-0.39, 0.29) is 5.92 Å². The quantitative estimate of drug-likeness (QED) is 0.748. The highest BCUT2D eigenvalue weighted by molar-refractivity contribution is 5.92. The molecular weight excluding hydrogens is 256 g/mol. The Balaban J connectivity index is 2.68. The smallest absolute Gasteiger partial charge is 0.326 e. The molecule has 0 unspecified atom stereocenters. The maximum Gasteiger partial charge on any atom is 0.326 e. The molecule has 5 nitrogen and oxygen atoms in total. The van der Waals surface area contributed by atoms with Crippen molar-refractivity contribution in [3.63, 3.8) is 0 Å². The van der Waals surface area contributed by atoms with E-state index in [1.165, 1.54) is 0 Å². The van der Waals surface area contributed by atoms with Gasteiger partial charge in [0.25, 0.3) is 0 Å². The molecule has 1 aromatic carbocycles. The van der Waals surface area contributed by atoms with Gasteiger partial charge in [0.1, 0.15) is 6.04 Å². The Bertz CT molecular complexity index is 472. The van der Waals surface area contributed by atoms with Crippen molar-refractivity contribution in [2.24, 2.45) is 5.92 Å². The summed E-state index contributed by atoms with van der Waals surface area (Å²) in [4.78, 5) is 23.0. The molecule has 0 radical (unpaired) electrons. The van der Waals surface area contributed by atoms with Crippen molar-refractivity contribution in [1.29, 1.82) is 0 Å². The van der Waals surface area contributed by atoms with E-state index in [2.05, 4.69) is 10.6 Å². The van der Waals surface area contributed by atoms with E-state index in [1.54, 1.807) is 6.07 Å². The molecule has 0 fully saturated rings. The highest BCUT2D eigenvalue weighted by Crippen LogP contribution is 2.15. The molecule has 0 aromatic heterocycles. The topological polar surface area (TPSA) is 78.4 Å². The molecular formula is C15H22N2O3. The summed E-state index contributed by atoms with van der Waals surface area (Å²) in [5.41, 5.74) is 1.72. The van der Waals surface area contributed by atoms with Gasteiger partial charge in [-0.25, -0.2) is 9.59 Å². The SMILES string of the molecule is CCc1ccccc1NC(=O)N[C@@H](CC(C)C)C(=O)O. The fourth-order valence-corrected chi connectivity index (χ4v) is 1.96. The fourth-order valence-electron chi connectivity index (χ4n) is 1.96. The second-order valence-electron chi connectivity index (χ2n) is 5.13. The lowest BCUT2D eigenvalue weighted by Crippen LogP contribution is -2.43. The van der Waals surface area contributed by atoms with Gasteiger partial charge in [-0.3, -0.25) is 0 Å². The Morgan fingerprint density at radius 2 is 1.90 bits per heavy atom. The van der Waals surface area contributed by atoms with Gasteiger partial charge in [0.2, 0.25) is 0 Å². The lowest BCUT2D eigenvalue weighted by Gasteiger charge is -2.17. The zero-order valence-electron chi connectivity index (χ0n) is 12.1. The first-order valence-corrected chi connectivity index (χ1v) is 6.82. The monoisotopic (exact) mass is 278 g/mol. The number of nitrogens with one attached hydrogen (secondary N) is 2. The van der Waals surface area contributed by atoms with Crippen LogP contribution >= 0.6 is 0 Å². The van der Waals surface area contributed by atoms with Crippen LogP contribution in [0.2, 0.25) is 0 Å². The number of para-hydroxylation sites is 1. The van der Waals surface area contributed by atoms with Crippen LogP contribution in [0.1, 0.15) is 32.8 Å². The standard InChI is InChI=1S/C15H22N2O3/c1-4-11-7-5-6-8-12(11)16-15(20)17-13(14(18)19)9-10(2)3/h5-8,10,13H,4,9H2,1-3H3,(H,18,19)(H2,16,17,20)/t13-/m0/s1. The number of carbonyl (C=O) groups excluding carboxylic acids is 1. The first-order chi connectivity index (χ1) is 9.43. The Kier molecular flexibility index (Phi) is 6.03. The van der Waals surface area contributed by atoms with Crippen LogP contribution in [0, 0.1) is 5.92 Å². The Morgan fingerprint density at radius 1 is 1.25 bits per heavy atom. The van der Waals surface area contributed by atoms with Crippen LogP contribution in [-0.2, 0) is 11.2 Å². The first-order valence-electron chi connectivity index (χ1n) is 6.82. The van der Waals surface area contributed by atoms with Gasteiger partial charge in [-0.05, 0) is 30.4 Å². The molecule has 0 saturated carbocycles. The number of hydrogen-bond donors (Lipinski definition) is 3. The van der Waals surface area contributed by atoms with Gasteiger partial charge >= 0.3 is 12.0 Å². The largest absolute Gasteiger partial charge is 0.480 e. The summed E-state index contributed by atoms with van der Waals surface area (Å²) >= 11 is 0. The summed E-state index contributed by atoms with van der Waals surface area (Å²) in [6.07, 6.45) is 1.20. The Hall–Kier alpha value is -2.04. The maximum absolute atomic E-state index is 11.9. The number of carboxylic acids is 1. The molecule has 20 heavy (non-hydrogen) atoms. The molecule has 0 heterocycles. The summed E-state index contributed by atoms with van der Waals surface area (Å²) in [6, 6.07) is 6.11. The van der Waals surface area contributed by atoms with Crippen molar-refractivity contribution < 1.29 is 14.7 Å². The van der Waals surface area contributed by atoms with Crippen molar-refractivity contribution in [2.45, 2.75) is 39.7 Å². The van der Waals surface area contributed by atoms with E-state index in [0.29, 0.717) is 12.1 Å². The summed E-state index contributed by atoms with van der Waals surface area (Å²) in [6.45, 7) is 5.83. The number of anilines is 1. The lowest BCUT2D eigenvalue weighted by atomic mass is 10.0. The van der Waals surface area contributed by atoms with Gasteiger partial charge in [0.15, 0.2) is 0 Å². The number of aryl methyl sites for hydroxylation is 1. The normalized spacial score (nSPS) is 12.0. The van der Waals surface area contributed by atoms with E-state index < -0.39 is 18.0 Å². The third-order valence-electron chi connectivity index (χ3n) is 2.96. The molecule has 1 atom stereocenters. The lowest BCUT2D eigenvalue weighted by molar-refractivity contribution is -0.139. The van der Waals surface area contributed by atoms with Crippen molar-refractivity contribution in [3.05, 3.63) is 29.8 Å². The van der Waals surface area contributed by atoms with E-state index in [1.807, 2.05) is 39.0 Å². The van der Waals surface area contributed by atoms with Crippen molar-refractivity contribution in [1.82, 2.24) is 5.32 Å². The zero-order valence-corrected chi connectivity index (χ0v) is 12.1. The van der Waals surface area contributed by atoms with E-state index in [0.717, 1.165) is 12.0 Å². The molecule has 0 saturated heterocycles. The number of carboxylic acid groups (broad SMARTS) is 1. The fraction of sp³-hybridized carbons (Fsp3) is 0.467. The molecule has 0 aliphatic rings. The molecule has 0 spiro atoms. The highest BCUT2D eigenvalue weighted by atomic mass is 16.4. The van der Waals surface area contributed by atoms with Crippen LogP contribution < -0.4 is 10.6 Å². The number of hydrogen-bond acceptors (Lipinski definition) is 2. The highest BCUT2D eigenvalue weighted by Gasteiger charge is 2.21. The molecule has 3 N–H and O–H groups in total. The summed E-state index contributed by atoms with van der Waals surface area (Å²) in [7, 11) is 0. The van der Waals surface area contributed by atoms with Crippen LogP contribution in [0.3, 0.4) is 0 Å². The van der Waals surface area contributed by atoms with Crippen LogP contribution in [0.25, 0.3) is 0 Å². The van der Waals surface area contributed by atoms with Crippen LogP contribution in [0.4, 0.5) is 10.5 Å². The van der Waals surface area contributed by atoms with Crippen molar-refractivity contribution in [2.75, 3.05) is 5.32 Å². The number of rotatable bonds is 6. The maximum atomic E-state index is 11.9. The van der Waals surface area contributed by atoms with Crippen LogP contribution in [-0.4, -0.2) is 23.1 Å². The third-order valence-corrected chi connectivity index (χ3v) is 2.96. The van der Waals surface area contributed by atoms with Gasteiger partial charge in [-0.2, -0.15) is 0 Å². The van der Waals surface area contributed by atoms with E-state index in [4.69, 9.17) is 5.11 Å². The van der Waals surface area contributed by atoms with Crippen molar-refractivity contribution >= 4 is 17.7 Å². The molecule has 2 amide bonds. The molecule has 5 heteroatoms. The predicted molar refractivity (Wildman–Crippen MR) is 78.9 cm³/mol. The second kappa shape index (κ2) is 7.53. The molecule has 0 bridgehead atoms. The van der Waals surface area contributed by atoms with Gasteiger partial charge in [0, 0.05) is 5.69 Å².